The second-order valence-corrected chi connectivity index (χ2v) is 9.06. The van der Waals surface area contributed by atoms with Crippen LogP contribution in [0.5, 0.6) is 11.6 Å². The Morgan fingerprint density at radius 1 is 1.14 bits per heavy atom. The SMILES string of the molecule is C[C@@H](Oc1c(N)ncc2c(-c3ccc(OCCCN(C)C)nc3)coc12)c1c(Cl)ccc(F)c1Cl. The lowest BCUT2D eigenvalue weighted by Crippen LogP contribution is -2.15. The van der Waals surface area contributed by atoms with Gasteiger partial charge in [0, 0.05) is 46.7 Å². The van der Waals surface area contributed by atoms with Crippen molar-refractivity contribution in [1.82, 2.24) is 14.9 Å². The molecular formula is C25H25Cl2FN4O3. The molecule has 0 amide bonds. The minimum atomic E-state index is -0.723. The monoisotopic (exact) mass is 518 g/mol. The van der Waals surface area contributed by atoms with E-state index in [4.69, 9.17) is 42.8 Å². The van der Waals surface area contributed by atoms with Gasteiger partial charge in [0.2, 0.25) is 11.6 Å². The van der Waals surface area contributed by atoms with E-state index < -0.39 is 11.9 Å². The van der Waals surface area contributed by atoms with E-state index in [1.165, 1.54) is 12.1 Å². The van der Waals surface area contributed by atoms with Gasteiger partial charge in [-0.05, 0) is 45.6 Å². The molecule has 35 heavy (non-hydrogen) atoms. The van der Waals surface area contributed by atoms with Crippen molar-refractivity contribution in [3.05, 3.63) is 64.3 Å². The van der Waals surface area contributed by atoms with E-state index in [2.05, 4.69) is 14.9 Å². The molecule has 4 rings (SSSR count). The van der Waals surface area contributed by atoms with Crippen LogP contribution in [0.3, 0.4) is 0 Å². The van der Waals surface area contributed by atoms with Gasteiger partial charge in [-0.3, -0.25) is 0 Å². The Hall–Kier alpha value is -3.07. The average Bonchev–Trinajstić information content (AvgIpc) is 3.26. The molecule has 0 fully saturated rings. The highest BCUT2D eigenvalue weighted by atomic mass is 35.5. The molecule has 10 heteroatoms. The molecule has 0 aliphatic heterocycles. The van der Waals surface area contributed by atoms with Gasteiger partial charge < -0.3 is 24.5 Å². The summed E-state index contributed by atoms with van der Waals surface area (Å²) in [5.41, 5.74) is 8.37. The van der Waals surface area contributed by atoms with Crippen molar-refractivity contribution >= 4 is 40.0 Å². The van der Waals surface area contributed by atoms with Crippen LogP contribution in [-0.4, -0.2) is 42.1 Å². The predicted octanol–water partition coefficient (Wildman–Crippen LogP) is 6.39. The van der Waals surface area contributed by atoms with E-state index in [9.17, 15) is 4.39 Å². The molecule has 3 heterocycles. The molecular weight excluding hydrogens is 494 g/mol. The maximum absolute atomic E-state index is 14.0. The topological polar surface area (TPSA) is 86.6 Å². The van der Waals surface area contributed by atoms with Crippen molar-refractivity contribution in [2.45, 2.75) is 19.4 Å². The van der Waals surface area contributed by atoms with Gasteiger partial charge in [0.15, 0.2) is 11.4 Å². The van der Waals surface area contributed by atoms with Crippen molar-refractivity contribution in [2.24, 2.45) is 0 Å². The Balaban J connectivity index is 1.58. The van der Waals surface area contributed by atoms with Crippen LogP contribution >= 0.6 is 23.2 Å². The molecule has 1 atom stereocenters. The molecule has 184 valence electrons. The first-order valence-electron chi connectivity index (χ1n) is 11.0. The first-order chi connectivity index (χ1) is 16.8. The highest BCUT2D eigenvalue weighted by Gasteiger charge is 2.23. The molecule has 0 unspecified atom stereocenters. The second-order valence-electron chi connectivity index (χ2n) is 8.27. The molecule has 0 saturated carbocycles. The molecule has 1 aromatic carbocycles. The smallest absolute Gasteiger partial charge is 0.213 e. The van der Waals surface area contributed by atoms with E-state index in [0.717, 1.165) is 24.1 Å². The van der Waals surface area contributed by atoms with E-state index >= 15 is 0 Å². The second kappa shape index (κ2) is 10.7. The maximum Gasteiger partial charge on any atom is 0.213 e. The zero-order valence-electron chi connectivity index (χ0n) is 19.5. The van der Waals surface area contributed by atoms with Gasteiger partial charge in [-0.15, -0.1) is 0 Å². The minimum Gasteiger partial charge on any atom is -0.478 e. The number of pyridine rings is 2. The van der Waals surface area contributed by atoms with Crippen LogP contribution in [0.2, 0.25) is 10.0 Å². The summed E-state index contributed by atoms with van der Waals surface area (Å²) in [5, 5.41) is 0.844. The Labute approximate surface area is 212 Å². The Bertz CT molecular complexity index is 1330. The van der Waals surface area contributed by atoms with Crippen LogP contribution in [0, 0.1) is 5.82 Å². The third-order valence-electron chi connectivity index (χ3n) is 5.43. The number of benzene rings is 1. The number of halogens is 3. The van der Waals surface area contributed by atoms with E-state index in [1.54, 1.807) is 25.6 Å². The summed E-state index contributed by atoms with van der Waals surface area (Å²) in [6, 6.07) is 6.32. The Morgan fingerprint density at radius 3 is 2.66 bits per heavy atom. The van der Waals surface area contributed by atoms with Gasteiger partial charge in [0.25, 0.3) is 0 Å². The number of fused-ring (bicyclic) bond motifs is 1. The summed E-state index contributed by atoms with van der Waals surface area (Å²) >= 11 is 12.4. The lowest BCUT2D eigenvalue weighted by molar-refractivity contribution is 0.227. The number of furan rings is 1. The number of nitrogens with zero attached hydrogens (tertiary/aromatic N) is 3. The normalized spacial score (nSPS) is 12.3. The van der Waals surface area contributed by atoms with E-state index in [-0.39, 0.29) is 21.6 Å². The first kappa shape index (κ1) is 25.0. The molecule has 2 N–H and O–H groups in total. The van der Waals surface area contributed by atoms with Gasteiger partial charge in [-0.2, -0.15) is 0 Å². The Morgan fingerprint density at radius 2 is 1.94 bits per heavy atom. The number of rotatable bonds is 9. The fraction of sp³-hybridized carbons (Fsp3) is 0.280. The fourth-order valence-corrected chi connectivity index (χ4v) is 4.33. The van der Waals surface area contributed by atoms with Crippen LogP contribution in [0.25, 0.3) is 22.1 Å². The van der Waals surface area contributed by atoms with Crippen LogP contribution in [0.1, 0.15) is 25.0 Å². The van der Waals surface area contributed by atoms with Crippen LogP contribution in [0.4, 0.5) is 10.2 Å². The van der Waals surface area contributed by atoms with Crippen molar-refractivity contribution in [2.75, 3.05) is 33.0 Å². The van der Waals surface area contributed by atoms with Crippen LogP contribution in [-0.2, 0) is 0 Å². The minimum absolute atomic E-state index is 0.112. The summed E-state index contributed by atoms with van der Waals surface area (Å²) in [6.45, 7) is 3.21. The molecule has 3 aromatic heterocycles. The van der Waals surface area contributed by atoms with Crippen LogP contribution in [0.15, 0.2) is 47.3 Å². The molecule has 7 nitrogen and oxygen atoms in total. The van der Waals surface area contributed by atoms with Gasteiger partial charge >= 0.3 is 0 Å². The van der Waals surface area contributed by atoms with Gasteiger partial charge in [0.1, 0.15) is 11.9 Å². The molecule has 0 aliphatic carbocycles. The van der Waals surface area contributed by atoms with E-state index in [1.807, 2.05) is 26.2 Å². The summed E-state index contributed by atoms with van der Waals surface area (Å²) in [5.74, 6) is 0.285. The summed E-state index contributed by atoms with van der Waals surface area (Å²) < 4.78 is 31.6. The molecule has 0 spiro atoms. The van der Waals surface area contributed by atoms with Gasteiger partial charge in [-0.1, -0.05) is 23.2 Å². The standard InChI is InChI=1S/C25H25Cl2FN4O3/c1-14(21-18(26)6-7-19(28)22(21)27)35-24-23-16(12-31-25(24)29)17(13-34-23)15-5-8-20(30-11-15)33-10-4-9-32(2)3/h5-8,11-14H,4,9-10H2,1-3H3,(H2,29,31)/t14-/m1/s1. The van der Waals surface area contributed by atoms with Crippen molar-refractivity contribution in [3.63, 3.8) is 0 Å². The lowest BCUT2D eigenvalue weighted by Gasteiger charge is -2.18. The number of nitrogens with two attached hydrogens (primary N) is 1. The molecule has 0 radical (unpaired) electrons. The number of aromatic nitrogens is 2. The summed E-state index contributed by atoms with van der Waals surface area (Å²) in [6.07, 6.45) is 5.08. The third kappa shape index (κ3) is 5.45. The lowest BCUT2D eigenvalue weighted by atomic mass is 10.1. The number of nitrogen functional groups attached to an aromatic ring is 1. The number of hydrogen-bond donors (Lipinski definition) is 1. The Kier molecular flexibility index (Phi) is 7.64. The summed E-state index contributed by atoms with van der Waals surface area (Å²) in [4.78, 5) is 10.8. The maximum atomic E-state index is 14.0. The fourth-order valence-electron chi connectivity index (χ4n) is 3.65. The first-order valence-corrected chi connectivity index (χ1v) is 11.7. The molecule has 0 saturated heterocycles. The predicted molar refractivity (Wildman–Crippen MR) is 136 cm³/mol. The summed E-state index contributed by atoms with van der Waals surface area (Å²) in [7, 11) is 4.04. The number of anilines is 1. The largest absolute Gasteiger partial charge is 0.478 e. The molecule has 0 aliphatic rings. The molecule has 0 bridgehead atoms. The van der Waals surface area contributed by atoms with Gasteiger partial charge in [0.05, 0.1) is 23.3 Å². The van der Waals surface area contributed by atoms with Gasteiger partial charge in [-0.25, -0.2) is 14.4 Å². The van der Waals surface area contributed by atoms with Crippen molar-refractivity contribution in [1.29, 1.82) is 0 Å². The zero-order valence-corrected chi connectivity index (χ0v) is 21.0. The van der Waals surface area contributed by atoms with Crippen molar-refractivity contribution in [3.8, 4) is 22.8 Å². The molecule has 4 aromatic rings. The highest BCUT2D eigenvalue weighted by Crippen LogP contribution is 2.41. The third-order valence-corrected chi connectivity index (χ3v) is 6.14. The number of hydrogen-bond acceptors (Lipinski definition) is 7. The number of ether oxygens (including phenoxy) is 2. The highest BCUT2D eigenvalue weighted by molar-refractivity contribution is 6.36. The van der Waals surface area contributed by atoms with Crippen LogP contribution < -0.4 is 15.2 Å². The zero-order chi connectivity index (χ0) is 25.1. The quantitative estimate of drug-likeness (QED) is 0.203. The average molecular weight is 519 g/mol. The van der Waals surface area contributed by atoms with E-state index in [0.29, 0.717) is 29.0 Å². The van der Waals surface area contributed by atoms with Crippen molar-refractivity contribution < 1.29 is 18.3 Å².